The van der Waals surface area contributed by atoms with Crippen LogP contribution in [0.25, 0.3) is 0 Å². The van der Waals surface area contributed by atoms with Crippen molar-refractivity contribution in [2.24, 2.45) is 10.9 Å². The second kappa shape index (κ2) is 6.04. The zero-order valence-corrected chi connectivity index (χ0v) is 16.2. The molecule has 2 aliphatic heterocycles. The van der Waals surface area contributed by atoms with E-state index in [0.29, 0.717) is 11.8 Å². The maximum absolute atomic E-state index is 12.2. The minimum absolute atomic E-state index is 0.0986. The zero-order chi connectivity index (χ0) is 18.7. The lowest BCUT2D eigenvalue weighted by atomic mass is 9.62. The molecular weight excluding hydrogens is 344 g/mol. The molecule has 3 aliphatic carbocycles. The van der Waals surface area contributed by atoms with Gasteiger partial charge in [0.2, 0.25) is 0 Å². The van der Waals surface area contributed by atoms with Crippen molar-refractivity contribution in [1.29, 1.82) is 0 Å². The molecule has 1 saturated carbocycles. The molecule has 5 aliphatic rings. The quantitative estimate of drug-likeness (QED) is 0.630. The van der Waals surface area contributed by atoms with Gasteiger partial charge in [-0.3, -0.25) is 9.79 Å². The van der Waals surface area contributed by atoms with Crippen molar-refractivity contribution >= 4 is 11.5 Å². The predicted molar refractivity (Wildman–Crippen MR) is 111 cm³/mol. The molecule has 0 N–H and O–H groups in total. The van der Waals surface area contributed by atoms with E-state index >= 15 is 0 Å². The molecule has 0 unspecified atom stereocenters. The lowest BCUT2D eigenvalue weighted by Crippen LogP contribution is -2.56. The Bertz CT molecular complexity index is 968. The number of nitrogens with zero attached hydrogens (tertiary/aromatic N) is 2. The molecule has 1 aromatic rings. The molecule has 0 bridgehead atoms. The smallest absolute Gasteiger partial charge is 0.180 e. The molecule has 6 rings (SSSR count). The van der Waals surface area contributed by atoms with Crippen LogP contribution in [0.5, 0.6) is 0 Å². The van der Waals surface area contributed by atoms with Crippen LogP contribution in [0.15, 0.2) is 70.5 Å². The van der Waals surface area contributed by atoms with Crippen LogP contribution in [0.4, 0.5) is 0 Å². The number of hydrogen-bond donors (Lipinski definition) is 0. The lowest BCUT2D eigenvalue weighted by molar-refractivity contribution is -0.110. The van der Waals surface area contributed by atoms with Crippen LogP contribution >= 0.6 is 0 Å². The van der Waals surface area contributed by atoms with Gasteiger partial charge in [0.05, 0.1) is 11.4 Å². The fraction of sp³-hybridized carbons (Fsp3) is 0.440. The Morgan fingerprint density at radius 3 is 2.75 bits per heavy atom. The summed E-state index contributed by atoms with van der Waals surface area (Å²) < 4.78 is 0. The first-order chi connectivity index (χ1) is 13.8. The van der Waals surface area contributed by atoms with Crippen LogP contribution in [0, 0.1) is 5.92 Å². The lowest BCUT2D eigenvalue weighted by Gasteiger charge is -2.56. The summed E-state index contributed by atoms with van der Waals surface area (Å²) in [5, 5.41) is 0. The van der Waals surface area contributed by atoms with Crippen molar-refractivity contribution in [1.82, 2.24) is 4.90 Å². The molecule has 1 fully saturated rings. The molecule has 28 heavy (non-hydrogen) atoms. The van der Waals surface area contributed by atoms with Crippen molar-refractivity contribution < 1.29 is 4.79 Å². The van der Waals surface area contributed by atoms with Crippen LogP contribution in [0.1, 0.15) is 62.8 Å². The fourth-order valence-corrected chi connectivity index (χ4v) is 6.48. The first-order valence-electron chi connectivity index (χ1n) is 10.9. The van der Waals surface area contributed by atoms with E-state index in [1.807, 2.05) is 12.2 Å². The van der Waals surface area contributed by atoms with E-state index in [-0.39, 0.29) is 11.4 Å². The van der Waals surface area contributed by atoms with E-state index in [2.05, 4.69) is 35.2 Å². The summed E-state index contributed by atoms with van der Waals surface area (Å²) >= 11 is 0. The molecule has 3 nitrogen and oxygen atoms in total. The Morgan fingerprint density at radius 2 is 1.86 bits per heavy atom. The number of carbonyl (C=O) groups is 1. The van der Waals surface area contributed by atoms with Gasteiger partial charge in [0.15, 0.2) is 5.78 Å². The summed E-state index contributed by atoms with van der Waals surface area (Å²) in [6.07, 6.45) is 15.1. The Labute approximate surface area is 166 Å². The maximum atomic E-state index is 12.2. The summed E-state index contributed by atoms with van der Waals surface area (Å²) in [4.78, 5) is 20.2. The molecule has 1 aromatic carbocycles. The Kier molecular flexibility index (Phi) is 3.56. The first-order valence-corrected chi connectivity index (χ1v) is 10.9. The number of carbonyl (C=O) groups excluding carboxylic acids is 1. The molecule has 2 heterocycles. The molecule has 142 valence electrons. The van der Waals surface area contributed by atoms with Crippen molar-refractivity contribution in [3.05, 3.63) is 71.1 Å². The van der Waals surface area contributed by atoms with E-state index < -0.39 is 0 Å². The van der Waals surface area contributed by atoms with Crippen LogP contribution < -0.4 is 0 Å². The highest BCUT2D eigenvalue weighted by molar-refractivity contribution is 6.20. The SMILES string of the molecule is O=C1C=CC2=N[C@]34CCCC[C@@H]3[C@@H](c3ccccc3)C3=C(CCCC3)N4C2=C1. The van der Waals surface area contributed by atoms with Crippen LogP contribution in [0.2, 0.25) is 0 Å². The number of fused-ring (bicyclic) bond motifs is 3. The highest BCUT2D eigenvalue weighted by Crippen LogP contribution is 2.60. The topological polar surface area (TPSA) is 32.7 Å². The van der Waals surface area contributed by atoms with Gasteiger partial charge in [-0.05, 0) is 68.2 Å². The van der Waals surface area contributed by atoms with Crippen LogP contribution in [-0.4, -0.2) is 22.1 Å². The number of aliphatic imine (C=N–C) groups is 1. The number of rotatable bonds is 1. The van der Waals surface area contributed by atoms with Gasteiger partial charge in [0, 0.05) is 23.6 Å². The monoisotopic (exact) mass is 370 g/mol. The Hall–Kier alpha value is -2.42. The van der Waals surface area contributed by atoms with E-state index in [1.165, 1.54) is 49.8 Å². The van der Waals surface area contributed by atoms with Gasteiger partial charge in [-0.2, -0.15) is 0 Å². The second-order valence-electron chi connectivity index (χ2n) is 8.90. The molecule has 0 saturated heterocycles. The zero-order valence-electron chi connectivity index (χ0n) is 16.2. The van der Waals surface area contributed by atoms with Gasteiger partial charge < -0.3 is 4.90 Å². The maximum Gasteiger partial charge on any atom is 0.180 e. The van der Waals surface area contributed by atoms with Crippen molar-refractivity contribution in [2.75, 3.05) is 0 Å². The summed E-state index contributed by atoms with van der Waals surface area (Å²) in [7, 11) is 0. The number of allylic oxidation sites excluding steroid dienone is 5. The third-order valence-corrected chi connectivity index (χ3v) is 7.48. The normalized spacial score (nSPS) is 33.6. The van der Waals surface area contributed by atoms with Gasteiger partial charge in [-0.1, -0.05) is 36.8 Å². The number of benzene rings is 1. The summed E-state index contributed by atoms with van der Waals surface area (Å²) in [5.74, 6) is 1.06. The Morgan fingerprint density at radius 1 is 1.00 bits per heavy atom. The van der Waals surface area contributed by atoms with E-state index in [1.54, 1.807) is 11.6 Å². The molecule has 3 heteroatoms. The van der Waals surface area contributed by atoms with Gasteiger partial charge in [0.25, 0.3) is 0 Å². The van der Waals surface area contributed by atoms with Crippen molar-refractivity contribution in [3.8, 4) is 0 Å². The van der Waals surface area contributed by atoms with Gasteiger partial charge in [-0.25, -0.2) is 0 Å². The standard InChI is InChI=1S/C25H26N2O/c28-18-13-14-21-23(16-18)27-22-12-5-4-10-19(22)24(17-8-2-1-3-9-17)20-11-6-7-15-25(20,27)26-21/h1-3,8-9,13-14,16,20,24H,4-7,10-12,15H2/t20-,24+,25+/m1/s1. The second-order valence-corrected chi connectivity index (χ2v) is 8.90. The summed E-state index contributed by atoms with van der Waals surface area (Å²) in [6.45, 7) is 0. The highest BCUT2D eigenvalue weighted by Gasteiger charge is 2.58. The van der Waals surface area contributed by atoms with E-state index in [0.717, 1.165) is 24.3 Å². The Balaban J connectivity index is 1.61. The van der Waals surface area contributed by atoms with E-state index in [9.17, 15) is 4.79 Å². The van der Waals surface area contributed by atoms with E-state index in [4.69, 9.17) is 4.99 Å². The average molecular weight is 370 g/mol. The minimum atomic E-state index is -0.189. The number of ketones is 1. The molecule has 0 radical (unpaired) electrons. The largest absolute Gasteiger partial charge is 0.318 e. The summed E-state index contributed by atoms with van der Waals surface area (Å²) in [6, 6.07) is 11.1. The molecule has 1 spiro atoms. The third-order valence-electron chi connectivity index (χ3n) is 7.48. The molecule has 0 amide bonds. The van der Waals surface area contributed by atoms with Gasteiger partial charge >= 0.3 is 0 Å². The summed E-state index contributed by atoms with van der Waals surface area (Å²) in [5.41, 5.74) is 6.47. The van der Waals surface area contributed by atoms with Crippen LogP contribution in [0.3, 0.4) is 0 Å². The minimum Gasteiger partial charge on any atom is -0.318 e. The van der Waals surface area contributed by atoms with Gasteiger partial charge in [0.1, 0.15) is 5.66 Å². The fourth-order valence-electron chi connectivity index (χ4n) is 6.48. The predicted octanol–water partition coefficient (Wildman–Crippen LogP) is 5.28. The third kappa shape index (κ3) is 2.16. The van der Waals surface area contributed by atoms with Gasteiger partial charge in [-0.15, -0.1) is 0 Å². The molecule has 0 aromatic heterocycles. The van der Waals surface area contributed by atoms with Crippen molar-refractivity contribution in [2.45, 2.75) is 62.9 Å². The number of hydrogen-bond acceptors (Lipinski definition) is 3. The molecular formula is C25H26N2O. The van der Waals surface area contributed by atoms with Crippen LogP contribution in [-0.2, 0) is 4.79 Å². The molecule has 3 atom stereocenters. The first kappa shape index (κ1) is 16.5. The average Bonchev–Trinajstić information content (AvgIpc) is 3.06. The van der Waals surface area contributed by atoms with Crippen molar-refractivity contribution in [3.63, 3.8) is 0 Å². The highest BCUT2D eigenvalue weighted by atomic mass is 16.1.